The number of aromatic nitrogens is 2. The van der Waals surface area contributed by atoms with Gasteiger partial charge < -0.3 is 0 Å². The van der Waals surface area contributed by atoms with Gasteiger partial charge in [0.2, 0.25) is 0 Å². The van der Waals surface area contributed by atoms with Crippen LogP contribution < -0.4 is 11.0 Å². The summed E-state index contributed by atoms with van der Waals surface area (Å²) in [5, 5.41) is 24.6. The highest BCUT2D eigenvalue weighted by atomic mass is 127. The second kappa shape index (κ2) is 7.79. The van der Waals surface area contributed by atoms with Crippen molar-refractivity contribution in [2.75, 3.05) is 5.43 Å². The smallest absolute Gasteiger partial charge is 0.283 e. The van der Waals surface area contributed by atoms with E-state index in [0.717, 1.165) is 20.4 Å². The third-order valence-electron chi connectivity index (χ3n) is 4.19. The fraction of sp³-hybridized carbons (Fsp3) is 0. The lowest BCUT2D eigenvalue weighted by molar-refractivity contribution is -0.393. The first kappa shape index (κ1) is 19.9. The summed E-state index contributed by atoms with van der Waals surface area (Å²) in [7, 11) is 0. The molecule has 30 heavy (non-hydrogen) atoms. The zero-order valence-corrected chi connectivity index (χ0v) is 17.8. The minimum absolute atomic E-state index is 0.0720. The van der Waals surface area contributed by atoms with Crippen molar-refractivity contribution in [1.29, 1.82) is 0 Å². The lowest BCUT2D eigenvalue weighted by Crippen LogP contribution is -2.29. The average Bonchev–Trinajstić information content (AvgIpc) is 3.25. The van der Waals surface area contributed by atoms with Gasteiger partial charge in [-0.05, 0) is 58.3 Å². The Labute approximate surface area is 185 Å². The van der Waals surface area contributed by atoms with Crippen molar-refractivity contribution in [1.82, 2.24) is 9.66 Å². The molecule has 4 rings (SSSR count). The van der Waals surface area contributed by atoms with E-state index in [1.165, 1.54) is 17.4 Å². The average molecular weight is 535 g/mol. The summed E-state index contributed by atoms with van der Waals surface area (Å²) in [5.74, 6) is 0.274. The Morgan fingerprint density at radius 3 is 2.53 bits per heavy atom. The molecule has 0 fully saturated rings. The molecule has 10 nitrogen and oxygen atoms in total. The molecule has 0 unspecified atom stereocenters. The van der Waals surface area contributed by atoms with Crippen molar-refractivity contribution in [2.45, 2.75) is 0 Å². The zero-order chi connectivity index (χ0) is 21.4. The van der Waals surface area contributed by atoms with Crippen LogP contribution >= 0.6 is 33.9 Å². The number of nitrogens with one attached hydrogen (secondary N) is 1. The number of fused-ring (bicyclic) bond motifs is 1. The molecule has 0 radical (unpaired) electrons. The molecule has 0 saturated heterocycles. The van der Waals surface area contributed by atoms with E-state index < -0.39 is 26.8 Å². The molecule has 0 amide bonds. The number of rotatable bonds is 5. The highest BCUT2D eigenvalue weighted by molar-refractivity contribution is 14.1. The van der Waals surface area contributed by atoms with Gasteiger partial charge in [0, 0.05) is 9.64 Å². The Morgan fingerprint density at radius 2 is 1.87 bits per heavy atom. The molecule has 1 N–H and O–H groups in total. The minimum atomic E-state index is -0.747. The van der Waals surface area contributed by atoms with E-state index in [-0.39, 0.29) is 11.5 Å². The van der Waals surface area contributed by atoms with Crippen LogP contribution in [-0.4, -0.2) is 19.5 Å². The minimum Gasteiger partial charge on any atom is -0.283 e. The number of thiophene rings is 1. The molecule has 12 heteroatoms. The van der Waals surface area contributed by atoms with Gasteiger partial charge in [-0.2, -0.15) is 4.68 Å². The molecule has 2 heterocycles. The Balaban J connectivity index is 1.96. The first-order valence-electron chi connectivity index (χ1n) is 8.31. The molecule has 0 aliphatic rings. The molecule has 150 valence electrons. The molecule has 2 aromatic carbocycles. The summed E-state index contributed by atoms with van der Waals surface area (Å²) in [5.41, 5.74) is 1.75. The molecule has 0 bridgehead atoms. The van der Waals surface area contributed by atoms with Crippen molar-refractivity contribution in [3.63, 3.8) is 0 Å². The number of nitro benzene ring substituents is 2. The first-order valence-corrected chi connectivity index (χ1v) is 10.3. The van der Waals surface area contributed by atoms with Gasteiger partial charge in [-0.3, -0.25) is 30.4 Å². The van der Waals surface area contributed by atoms with Crippen molar-refractivity contribution in [3.05, 3.63) is 88.1 Å². The normalized spacial score (nSPS) is 10.8. The van der Waals surface area contributed by atoms with Gasteiger partial charge in [-0.1, -0.05) is 6.07 Å². The van der Waals surface area contributed by atoms with E-state index in [1.54, 1.807) is 24.3 Å². The number of hydrogen-bond donors (Lipinski definition) is 1. The summed E-state index contributed by atoms with van der Waals surface area (Å²) in [6, 6.07) is 12.0. The molecule has 0 aliphatic carbocycles. The lowest BCUT2D eigenvalue weighted by Gasteiger charge is -2.15. The van der Waals surface area contributed by atoms with E-state index in [4.69, 9.17) is 0 Å². The van der Waals surface area contributed by atoms with Crippen LogP contribution in [0.25, 0.3) is 21.6 Å². The predicted molar refractivity (Wildman–Crippen MR) is 121 cm³/mol. The number of non-ortho nitro benzene ring substituents is 1. The SMILES string of the molecule is O=c1c2cc(I)ccc2nc(-c2cccs2)n1Nc1ccc([N+](=O)[O-])cc1[N+](=O)[O-]. The molecule has 4 aromatic rings. The second-order valence-corrected chi connectivity index (χ2v) is 8.24. The fourth-order valence-electron chi connectivity index (χ4n) is 2.83. The maximum atomic E-state index is 13.2. The van der Waals surface area contributed by atoms with Gasteiger partial charge >= 0.3 is 5.69 Å². The molecule has 0 aliphatic heterocycles. The highest BCUT2D eigenvalue weighted by Crippen LogP contribution is 2.30. The van der Waals surface area contributed by atoms with Crippen LogP contribution in [-0.2, 0) is 0 Å². The third-order valence-corrected chi connectivity index (χ3v) is 5.73. The number of hydrogen-bond acceptors (Lipinski definition) is 8. The van der Waals surface area contributed by atoms with E-state index in [9.17, 15) is 25.0 Å². The van der Waals surface area contributed by atoms with Crippen LogP contribution in [0, 0.1) is 23.8 Å². The van der Waals surface area contributed by atoms with Crippen molar-refractivity contribution in [2.24, 2.45) is 0 Å². The van der Waals surface area contributed by atoms with Crippen LogP contribution in [0.5, 0.6) is 0 Å². The lowest BCUT2D eigenvalue weighted by atomic mass is 10.2. The topological polar surface area (TPSA) is 133 Å². The molecule has 2 aromatic heterocycles. The van der Waals surface area contributed by atoms with Gasteiger partial charge in [0.1, 0.15) is 5.69 Å². The maximum absolute atomic E-state index is 13.2. The monoisotopic (exact) mass is 535 g/mol. The van der Waals surface area contributed by atoms with Crippen LogP contribution in [0.15, 0.2) is 58.7 Å². The summed E-state index contributed by atoms with van der Waals surface area (Å²) in [6.07, 6.45) is 0. The van der Waals surface area contributed by atoms with Crippen LogP contribution in [0.1, 0.15) is 0 Å². The molecule has 0 spiro atoms. The van der Waals surface area contributed by atoms with Crippen LogP contribution in [0.2, 0.25) is 0 Å². The Hall–Kier alpha value is -3.39. The maximum Gasteiger partial charge on any atom is 0.300 e. The van der Waals surface area contributed by atoms with Crippen LogP contribution in [0.3, 0.4) is 0 Å². The van der Waals surface area contributed by atoms with E-state index in [2.05, 4.69) is 33.0 Å². The number of anilines is 1. The third kappa shape index (κ3) is 3.61. The Kier molecular flexibility index (Phi) is 5.17. The highest BCUT2D eigenvalue weighted by Gasteiger charge is 2.22. The Morgan fingerprint density at radius 1 is 1.07 bits per heavy atom. The standard InChI is InChI=1S/C18H10IN5O5S/c19-10-3-5-13-12(8-10)18(25)22(17(20-13)16-2-1-7-30-16)21-14-6-4-11(23(26)27)9-15(14)24(28)29/h1-9,21H. The number of nitro groups is 2. The second-order valence-electron chi connectivity index (χ2n) is 6.04. The first-order chi connectivity index (χ1) is 14.3. The van der Waals surface area contributed by atoms with E-state index in [1.807, 2.05) is 11.4 Å². The molecule has 0 atom stereocenters. The largest absolute Gasteiger partial charge is 0.300 e. The summed E-state index contributed by atoms with van der Waals surface area (Å²) in [4.78, 5) is 39.5. The fourth-order valence-corrected chi connectivity index (χ4v) is 4.03. The van der Waals surface area contributed by atoms with Gasteiger partial charge in [0.15, 0.2) is 5.82 Å². The van der Waals surface area contributed by atoms with Gasteiger partial charge in [-0.25, -0.2) is 4.98 Å². The molecular weight excluding hydrogens is 525 g/mol. The van der Waals surface area contributed by atoms with Crippen LogP contribution in [0.4, 0.5) is 17.1 Å². The molecule has 0 saturated carbocycles. The van der Waals surface area contributed by atoms with Crippen molar-refractivity contribution < 1.29 is 9.85 Å². The summed E-state index contributed by atoms with van der Waals surface area (Å²) in [6.45, 7) is 0. The summed E-state index contributed by atoms with van der Waals surface area (Å²) < 4.78 is 1.95. The zero-order valence-electron chi connectivity index (χ0n) is 14.8. The van der Waals surface area contributed by atoms with Crippen molar-refractivity contribution in [3.8, 4) is 10.7 Å². The van der Waals surface area contributed by atoms with Gasteiger partial charge in [0.05, 0.1) is 31.7 Å². The quantitative estimate of drug-likeness (QED) is 0.227. The van der Waals surface area contributed by atoms with E-state index in [0.29, 0.717) is 15.8 Å². The van der Waals surface area contributed by atoms with Crippen molar-refractivity contribution >= 4 is 61.9 Å². The molecular formula is C18H10IN5O5S. The van der Waals surface area contributed by atoms with Gasteiger partial charge in [-0.15, -0.1) is 11.3 Å². The van der Waals surface area contributed by atoms with E-state index >= 15 is 0 Å². The number of nitrogens with zero attached hydrogens (tertiary/aromatic N) is 4. The summed E-state index contributed by atoms with van der Waals surface area (Å²) >= 11 is 3.43. The Bertz CT molecular complexity index is 1370. The number of halogens is 1. The predicted octanol–water partition coefficient (Wildman–Crippen LogP) is 4.42. The van der Waals surface area contributed by atoms with Gasteiger partial charge in [0.25, 0.3) is 11.2 Å². The number of benzene rings is 2.